The van der Waals surface area contributed by atoms with Crippen molar-refractivity contribution in [1.82, 2.24) is 14.5 Å². The van der Waals surface area contributed by atoms with Gasteiger partial charge in [0.05, 0.1) is 16.7 Å². The van der Waals surface area contributed by atoms with E-state index in [1.54, 1.807) is 36.1 Å². The molecular formula is C22H20ClN3O3S. The van der Waals surface area contributed by atoms with E-state index in [9.17, 15) is 9.59 Å². The van der Waals surface area contributed by atoms with Crippen LogP contribution in [0.2, 0.25) is 5.02 Å². The number of rotatable bonds is 8. The van der Waals surface area contributed by atoms with Gasteiger partial charge in [0.1, 0.15) is 0 Å². The molecule has 2 aromatic carbocycles. The van der Waals surface area contributed by atoms with Crippen molar-refractivity contribution in [2.24, 2.45) is 0 Å². The lowest BCUT2D eigenvalue weighted by Gasteiger charge is -2.13. The number of nitrogens with zero attached hydrogens (tertiary/aromatic N) is 2. The minimum Gasteiger partial charge on any atom is -0.385 e. The molecule has 0 radical (unpaired) electrons. The molecule has 2 aromatic heterocycles. The predicted octanol–water partition coefficient (Wildman–Crippen LogP) is 4.54. The minimum atomic E-state index is -0.144. The van der Waals surface area contributed by atoms with E-state index in [4.69, 9.17) is 16.3 Å². The summed E-state index contributed by atoms with van der Waals surface area (Å²) in [5, 5.41) is 2.40. The van der Waals surface area contributed by atoms with Crippen LogP contribution in [0.5, 0.6) is 0 Å². The molecule has 0 aliphatic heterocycles. The van der Waals surface area contributed by atoms with Gasteiger partial charge in [-0.25, -0.2) is 4.98 Å². The molecule has 2 heterocycles. The lowest BCUT2D eigenvalue weighted by molar-refractivity contribution is 0.102. The molecule has 0 aliphatic rings. The summed E-state index contributed by atoms with van der Waals surface area (Å²) in [7, 11) is 1.62. The fraction of sp³-hybridized carbons (Fsp3) is 0.227. The van der Waals surface area contributed by atoms with E-state index in [0.717, 1.165) is 10.9 Å². The van der Waals surface area contributed by atoms with Crippen molar-refractivity contribution in [2.45, 2.75) is 18.1 Å². The summed E-state index contributed by atoms with van der Waals surface area (Å²) in [6, 6.07) is 12.7. The predicted molar refractivity (Wildman–Crippen MR) is 121 cm³/mol. The first-order valence-electron chi connectivity index (χ1n) is 9.49. The number of hydrogen-bond donors (Lipinski definition) is 1. The van der Waals surface area contributed by atoms with Crippen molar-refractivity contribution in [3.8, 4) is 0 Å². The van der Waals surface area contributed by atoms with Gasteiger partial charge >= 0.3 is 0 Å². The molecule has 154 valence electrons. The summed E-state index contributed by atoms with van der Waals surface area (Å²) in [5.41, 5.74) is 1.93. The molecule has 1 N–H and O–H groups in total. The molecule has 8 heteroatoms. The number of nitrogens with one attached hydrogen (secondary N) is 1. The number of H-pyrrole nitrogens is 1. The molecule has 0 saturated heterocycles. The maximum Gasteiger partial charge on any atom is 0.262 e. The Morgan fingerprint density at radius 3 is 2.90 bits per heavy atom. The van der Waals surface area contributed by atoms with E-state index in [-0.39, 0.29) is 17.1 Å². The molecular weight excluding hydrogens is 422 g/mol. The monoisotopic (exact) mass is 441 g/mol. The van der Waals surface area contributed by atoms with Crippen molar-refractivity contribution < 1.29 is 9.53 Å². The zero-order valence-corrected chi connectivity index (χ0v) is 17.9. The van der Waals surface area contributed by atoms with E-state index in [1.165, 1.54) is 11.8 Å². The number of carbonyl (C=O) groups is 1. The van der Waals surface area contributed by atoms with Crippen LogP contribution in [-0.2, 0) is 11.3 Å². The number of hydrogen-bond acceptors (Lipinski definition) is 5. The van der Waals surface area contributed by atoms with Crippen molar-refractivity contribution in [3.05, 3.63) is 69.6 Å². The number of aromatic amines is 1. The summed E-state index contributed by atoms with van der Waals surface area (Å²) in [6.07, 6.45) is 2.40. The molecule has 4 aromatic rings. The van der Waals surface area contributed by atoms with Crippen molar-refractivity contribution >= 4 is 51.0 Å². The lowest BCUT2D eigenvalue weighted by atomic mass is 10.1. The highest BCUT2D eigenvalue weighted by molar-refractivity contribution is 7.99. The molecule has 0 spiro atoms. The van der Waals surface area contributed by atoms with Crippen LogP contribution < -0.4 is 5.56 Å². The Morgan fingerprint density at radius 2 is 2.07 bits per heavy atom. The van der Waals surface area contributed by atoms with Gasteiger partial charge in [-0.2, -0.15) is 0 Å². The van der Waals surface area contributed by atoms with Gasteiger partial charge in [0.2, 0.25) is 0 Å². The van der Waals surface area contributed by atoms with Crippen LogP contribution in [0.1, 0.15) is 16.8 Å². The third-order valence-corrected chi connectivity index (χ3v) is 6.05. The van der Waals surface area contributed by atoms with Crippen LogP contribution in [0.4, 0.5) is 0 Å². The van der Waals surface area contributed by atoms with Gasteiger partial charge in [0.15, 0.2) is 10.9 Å². The molecule has 0 aliphatic carbocycles. The quantitative estimate of drug-likeness (QED) is 0.188. The van der Waals surface area contributed by atoms with Crippen molar-refractivity contribution in [3.63, 3.8) is 0 Å². The Morgan fingerprint density at radius 1 is 1.23 bits per heavy atom. The summed E-state index contributed by atoms with van der Waals surface area (Å²) >= 11 is 7.35. The zero-order valence-electron chi connectivity index (χ0n) is 16.4. The van der Waals surface area contributed by atoms with Gasteiger partial charge in [0.25, 0.3) is 5.56 Å². The number of thioether (sulfide) groups is 1. The number of methoxy groups -OCH3 is 1. The van der Waals surface area contributed by atoms with E-state index >= 15 is 0 Å². The molecule has 0 atom stereocenters. The van der Waals surface area contributed by atoms with Gasteiger partial charge in [-0.15, -0.1) is 0 Å². The number of carbonyl (C=O) groups excluding carboxylic acids is 1. The van der Waals surface area contributed by atoms with Crippen LogP contribution in [0, 0.1) is 0 Å². The number of ether oxygens (including phenoxy) is 1. The topological polar surface area (TPSA) is 77.0 Å². The molecule has 0 fully saturated rings. The molecule has 0 saturated carbocycles. The Labute approximate surface area is 182 Å². The van der Waals surface area contributed by atoms with Crippen LogP contribution in [0.25, 0.3) is 21.8 Å². The smallest absolute Gasteiger partial charge is 0.262 e. The van der Waals surface area contributed by atoms with Gasteiger partial charge < -0.3 is 9.72 Å². The van der Waals surface area contributed by atoms with Gasteiger partial charge in [-0.1, -0.05) is 41.6 Å². The maximum atomic E-state index is 13.0. The summed E-state index contributed by atoms with van der Waals surface area (Å²) < 4.78 is 6.73. The standard InChI is InChI=1S/C22H20ClN3O3S/c1-29-10-4-9-26-21(28)16-8-7-14(23)11-19(16)25-22(26)30-13-20(27)17-12-24-18-6-3-2-5-15(17)18/h2-3,5-8,11-12,24H,4,9-10,13H2,1H3. The second kappa shape index (κ2) is 9.04. The number of Topliss-reactive ketones (excluding diaryl/α,β-unsaturated/α-hetero) is 1. The first-order chi connectivity index (χ1) is 14.6. The molecule has 0 amide bonds. The van der Waals surface area contributed by atoms with Crippen LogP contribution >= 0.6 is 23.4 Å². The molecule has 0 bridgehead atoms. The van der Waals surface area contributed by atoms with E-state index in [0.29, 0.717) is 46.2 Å². The average Bonchev–Trinajstić information content (AvgIpc) is 3.18. The zero-order chi connectivity index (χ0) is 21.1. The van der Waals surface area contributed by atoms with Gasteiger partial charge in [-0.05, 0) is 30.7 Å². The highest BCUT2D eigenvalue weighted by atomic mass is 35.5. The van der Waals surface area contributed by atoms with Crippen LogP contribution in [-0.4, -0.2) is 39.8 Å². The first kappa shape index (κ1) is 20.7. The van der Waals surface area contributed by atoms with Crippen molar-refractivity contribution in [1.29, 1.82) is 0 Å². The fourth-order valence-electron chi connectivity index (χ4n) is 3.36. The number of benzene rings is 2. The number of halogens is 1. The fourth-order valence-corrected chi connectivity index (χ4v) is 4.43. The van der Waals surface area contributed by atoms with Gasteiger partial charge in [0, 0.05) is 47.9 Å². The molecule has 30 heavy (non-hydrogen) atoms. The van der Waals surface area contributed by atoms with Crippen molar-refractivity contribution in [2.75, 3.05) is 19.5 Å². The second-order valence-corrected chi connectivity index (χ2v) is 8.20. The highest BCUT2D eigenvalue weighted by Crippen LogP contribution is 2.24. The third-order valence-electron chi connectivity index (χ3n) is 4.83. The number of aromatic nitrogens is 3. The number of fused-ring (bicyclic) bond motifs is 2. The van der Waals surface area contributed by atoms with E-state index in [1.807, 2.05) is 24.3 Å². The largest absolute Gasteiger partial charge is 0.385 e. The van der Waals surface area contributed by atoms with E-state index < -0.39 is 0 Å². The third kappa shape index (κ3) is 4.14. The van der Waals surface area contributed by atoms with E-state index in [2.05, 4.69) is 9.97 Å². The summed E-state index contributed by atoms with van der Waals surface area (Å²) in [4.78, 5) is 33.7. The average molecular weight is 442 g/mol. The Bertz CT molecular complexity index is 1280. The van der Waals surface area contributed by atoms with Crippen LogP contribution in [0.3, 0.4) is 0 Å². The molecule has 6 nitrogen and oxygen atoms in total. The Balaban J connectivity index is 1.65. The second-order valence-electron chi connectivity index (χ2n) is 6.82. The molecule has 0 unspecified atom stereocenters. The molecule has 4 rings (SSSR count). The minimum absolute atomic E-state index is 0.0265. The summed E-state index contributed by atoms with van der Waals surface area (Å²) in [6.45, 7) is 0.991. The Kier molecular flexibility index (Phi) is 6.22. The summed E-state index contributed by atoms with van der Waals surface area (Å²) in [5.74, 6) is 0.145. The highest BCUT2D eigenvalue weighted by Gasteiger charge is 2.16. The first-order valence-corrected chi connectivity index (χ1v) is 10.9. The van der Waals surface area contributed by atoms with Gasteiger partial charge in [-0.3, -0.25) is 14.2 Å². The Hall–Kier alpha value is -2.61. The lowest BCUT2D eigenvalue weighted by Crippen LogP contribution is -2.24. The normalized spacial score (nSPS) is 11.4. The van der Waals surface area contributed by atoms with Crippen LogP contribution in [0.15, 0.2) is 58.6 Å². The maximum absolute atomic E-state index is 13.0. The number of ketones is 1. The number of para-hydroxylation sites is 1. The SMILES string of the molecule is COCCCn1c(SCC(=O)c2c[nH]c3ccccc23)nc2cc(Cl)ccc2c1=O.